The average Bonchev–Trinajstić information content (AvgIpc) is 2.22. The first-order valence-corrected chi connectivity index (χ1v) is 6.93. The quantitative estimate of drug-likeness (QED) is 0.890. The summed E-state index contributed by atoms with van der Waals surface area (Å²) in [5, 5.41) is 9.52. The van der Waals surface area contributed by atoms with Gasteiger partial charge in [-0.05, 0) is 11.6 Å². The molecule has 1 fully saturated rings. The van der Waals surface area contributed by atoms with Crippen molar-refractivity contribution in [2.24, 2.45) is 0 Å². The van der Waals surface area contributed by atoms with Crippen molar-refractivity contribution in [3.8, 4) is 0 Å². The second-order valence-corrected chi connectivity index (χ2v) is 6.57. The van der Waals surface area contributed by atoms with Gasteiger partial charge in [0, 0.05) is 10.3 Å². The molecule has 1 aliphatic heterocycles. The van der Waals surface area contributed by atoms with Crippen LogP contribution < -0.4 is 0 Å². The van der Waals surface area contributed by atoms with Gasteiger partial charge in [0.25, 0.3) is 0 Å². The Morgan fingerprint density at radius 2 is 2.11 bits per heavy atom. The van der Waals surface area contributed by atoms with Crippen LogP contribution in [0.1, 0.15) is 25.8 Å². The van der Waals surface area contributed by atoms with E-state index in [0.717, 1.165) is 18.8 Å². The molecule has 0 spiro atoms. The molecule has 3 nitrogen and oxygen atoms in total. The van der Waals surface area contributed by atoms with Crippen molar-refractivity contribution < 1.29 is 14.6 Å². The van der Waals surface area contributed by atoms with E-state index < -0.39 is 5.97 Å². The number of thioether (sulfide) groups is 1. The molecule has 0 unspecified atom stereocenters. The van der Waals surface area contributed by atoms with Crippen LogP contribution in [0, 0.1) is 0 Å². The third-order valence-electron chi connectivity index (χ3n) is 3.11. The van der Waals surface area contributed by atoms with Gasteiger partial charge in [0.1, 0.15) is 0 Å². The third-order valence-corrected chi connectivity index (χ3v) is 4.33. The van der Waals surface area contributed by atoms with Crippen LogP contribution in [0.15, 0.2) is 29.2 Å². The van der Waals surface area contributed by atoms with Crippen molar-refractivity contribution in [3.63, 3.8) is 0 Å². The number of aliphatic carboxylic acids is 1. The molecule has 0 aliphatic carbocycles. The summed E-state index contributed by atoms with van der Waals surface area (Å²) in [5.74, 6) is -0.758. The van der Waals surface area contributed by atoms with Crippen molar-refractivity contribution >= 4 is 17.7 Å². The molecule has 1 aromatic rings. The molecule has 1 N–H and O–H groups in total. The lowest BCUT2D eigenvalue weighted by Crippen LogP contribution is -2.30. The standard InChI is InChI=1S/C14H18O3S/c1-14(2,7-13(15)16)11-5-3-4-6-12(11)18-10-8-17-9-10/h3-6,10H,7-9H2,1-2H3,(H,15,16). The van der Waals surface area contributed by atoms with E-state index in [1.807, 2.05) is 32.0 Å². The van der Waals surface area contributed by atoms with Crippen LogP contribution in [0.2, 0.25) is 0 Å². The van der Waals surface area contributed by atoms with Crippen LogP contribution in [0.25, 0.3) is 0 Å². The zero-order chi connectivity index (χ0) is 13.2. The third kappa shape index (κ3) is 3.06. The molecule has 0 saturated carbocycles. The summed E-state index contributed by atoms with van der Waals surface area (Å²) in [5.41, 5.74) is 0.768. The van der Waals surface area contributed by atoms with Crippen LogP contribution in [0.5, 0.6) is 0 Å². The molecule has 1 saturated heterocycles. The number of benzene rings is 1. The topological polar surface area (TPSA) is 46.5 Å². The molecule has 0 aromatic heterocycles. The van der Waals surface area contributed by atoms with E-state index in [-0.39, 0.29) is 11.8 Å². The van der Waals surface area contributed by atoms with Crippen LogP contribution in [0.4, 0.5) is 0 Å². The van der Waals surface area contributed by atoms with Gasteiger partial charge in [-0.3, -0.25) is 4.79 Å². The minimum absolute atomic E-state index is 0.145. The van der Waals surface area contributed by atoms with E-state index in [4.69, 9.17) is 9.84 Å². The van der Waals surface area contributed by atoms with Gasteiger partial charge in [0.15, 0.2) is 0 Å². The zero-order valence-electron chi connectivity index (χ0n) is 10.7. The lowest BCUT2D eigenvalue weighted by molar-refractivity contribution is -0.138. The molecule has 1 aromatic carbocycles. The predicted octanol–water partition coefficient (Wildman–Crippen LogP) is 2.93. The molecule has 0 bridgehead atoms. The van der Waals surface area contributed by atoms with Crippen molar-refractivity contribution in [2.75, 3.05) is 13.2 Å². The van der Waals surface area contributed by atoms with Crippen LogP contribution in [0.3, 0.4) is 0 Å². The van der Waals surface area contributed by atoms with Crippen molar-refractivity contribution in [2.45, 2.75) is 35.8 Å². The summed E-state index contributed by atoms with van der Waals surface area (Å²) in [6.07, 6.45) is 0.145. The van der Waals surface area contributed by atoms with Gasteiger partial charge in [0.2, 0.25) is 0 Å². The highest BCUT2D eigenvalue weighted by atomic mass is 32.2. The van der Waals surface area contributed by atoms with E-state index in [0.29, 0.717) is 5.25 Å². The van der Waals surface area contributed by atoms with E-state index in [1.54, 1.807) is 11.8 Å². The molecule has 0 atom stereocenters. The number of hydrogen-bond donors (Lipinski definition) is 1. The molecular formula is C14H18O3S. The highest BCUT2D eigenvalue weighted by Crippen LogP contribution is 2.38. The van der Waals surface area contributed by atoms with Gasteiger partial charge >= 0.3 is 5.97 Å². The van der Waals surface area contributed by atoms with Gasteiger partial charge in [-0.15, -0.1) is 11.8 Å². The summed E-state index contributed by atoms with van der Waals surface area (Å²) in [7, 11) is 0. The summed E-state index contributed by atoms with van der Waals surface area (Å²) in [6.45, 7) is 5.55. The maximum Gasteiger partial charge on any atom is 0.304 e. The highest BCUT2D eigenvalue weighted by Gasteiger charge is 2.28. The van der Waals surface area contributed by atoms with E-state index >= 15 is 0 Å². The Balaban J connectivity index is 2.22. The molecule has 2 rings (SSSR count). The fraction of sp³-hybridized carbons (Fsp3) is 0.500. The van der Waals surface area contributed by atoms with Crippen molar-refractivity contribution in [3.05, 3.63) is 29.8 Å². The van der Waals surface area contributed by atoms with Crippen molar-refractivity contribution in [1.29, 1.82) is 0 Å². The second-order valence-electron chi connectivity index (χ2n) is 5.23. The first kappa shape index (κ1) is 13.4. The summed E-state index contributed by atoms with van der Waals surface area (Å²) in [4.78, 5) is 12.1. The maximum atomic E-state index is 11.0. The van der Waals surface area contributed by atoms with E-state index in [1.165, 1.54) is 4.90 Å². The number of rotatable bonds is 5. The molecule has 1 aliphatic rings. The number of carboxylic acids is 1. The Hall–Kier alpha value is -1.00. The smallest absolute Gasteiger partial charge is 0.304 e. The van der Waals surface area contributed by atoms with E-state index in [9.17, 15) is 4.79 Å². The van der Waals surface area contributed by atoms with Crippen molar-refractivity contribution in [1.82, 2.24) is 0 Å². The number of ether oxygens (including phenoxy) is 1. The maximum absolute atomic E-state index is 11.0. The fourth-order valence-corrected chi connectivity index (χ4v) is 3.38. The van der Waals surface area contributed by atoms with Gasteiger partial charge in [0.05, 0.1) is 24.9 Å². The largest absolute Gasteiger partial charge is 0.481 e. The molecule has 1 heterocycles. The summed E-state index contributed by atoms with van der Waals surface area (Å²) < 4.78 is 5.18. The number of carboxylic acid groups (broad SMARTS) is 1. The first-order chi connectivity index (χ1) is 8.49. The zero-order valence-corrected chi connectivity index (χ0v) is 11.5. The van der Waals surface area contributed by atoms with Crippen LogP contribution in [-0.2, 0) is 14.9 Å². The van der Waals surface area contributed by atoms with Gasteiger partial charge < -0.3 is 9.84 Å². The van der Waals surface area contributed by atoms with E-state index in [2.05, 4.69) is 6.07 Å². The Bertz CT molecular complexity index is 438. The Morgan fingerprint density at radius 1 is 1.44 bits per heavy atom. The molecule has 0 amide bonds. The summed E-state index contributed by atoms with van der Waals surface area (Å²) >= 11 is 1.79. The fourth-order valence-electron chi connectivity index (χ4n) is 2.06. The Labute approximate surface area is 112 Å². The predicted molar refractivity (Wildman–Crippen MR) is 72.2 cm³/mol. The lowest BCUT2D eigenvalue weighted by atomic mass is 9.81. The molecule has 18 heavy (non-hydrogen) atoms. The molecule has 98 valence electrons. The Morgan fingerprint density at radius 3 is 2.67 bits per heavy atom. The van der Waals surface area contributed by atoms with Gasteiger partial charge in [-0.1, -0.05) is 32.0 Å². The monoisotopic (exact) mass is 266 g/mol. The SMILES string of the molecule is CC(C)(CC(=O)O)c1ccccc1SC1COC1. The van der Waals surface area contributed by atoms with Crippen LogP contribution >= 0.6 is 11.8 Å². The summed E-state index contributed by atoms with van der Waals surface area (Å²) in [6, 6.07) is 8.08. The van der Waals surface area contributed by atoms with Crippen LogP contribution in [-0.4, -0.2) is 29.5 Å². The minimum Gasteiger partial charge on any atom is -0.481 e. The average molecular weight is 266 g/mol. The molecular weight excluding hydrogens is 248 g/mol. The second kappa shape index (κ2) is 5.33. The minimum atomic E-state index is -0.758. The van der Waals surface area contributed by atoms with Gasteiger partial charge in [-0.25, -0.2) is 0 Å². The molecule has 0 radical (unpaired) electrons. The Kier molecular flexibility index (Phi) is 3.97. The lowest BCUT2D eigenvalue weighted by Gasteiger charge is -2.30. The number of hydrogen-bond acceptors (Lipinski definition) is 3. The van der Waals surface area contributed by atoms with Gasteiger partial charge in [-0.2, -0.15) is 0 Å². The number of carbonyl (C=O) groups is 1. The normalized spacial score (nSPS) is 16.3. The first-order valence-electron chi connectivity index (χ1n) is 6.05. The highest BCUT2D eigenvalue weighted by molar-refractivity contribution is 8.00. The molecule has 4 heteroatoms.